The molecular formula is C15H11FN2S2. The number of nitrogens with zero attached hydrogens (tertiary/aromatic N) is 1. The summed E-state index contributed by atoms with van der Waals surface area (Å²) in [6.07, 6.45) is 0.780. The highest BCUT2D eigenvalue weighted by atomic mass is 32.1. The highest BCUT2D eigenvalue weighted by Crippen LogP contribution is 2.43. The second-order valence-electron chi connectivity index (χ2n) is 4.41. The number of halogens is 1. The zero-order valence-corrected chi connectivity index (χ0v) is 12.4. The van der Waals surface area contributed by atoms with E-state index in [4.69, 9.17) is 11.0 Å². The fourth-order valence-corrected chi connectivity index (χ4v) is 4.55. The maximum Gasteiger partial charge on any atom is 0.128 e. The molecule has 0 amide bonds. The first-order chi connectivity index (χ1) is 9.63. The van der Waals surface area contributed by atoms with E-state index in [9.17, 15) is 4.39 Å². The molecule has 0 aliphatic rings. The van der Waals surface area contributed by atoms with Crippen LogP contribution in [0.15, 0.2) is 24.3 Å². The van der Waals surface area contributed by atoms with Gasteiger partial charge in [-0.3, -0.25) is 0 Å². The molecule has 2 heterocycles. The van der Waals surface area contributed by atoms with Gasteiger partial charge in [0, 0.05) is 9.58 Å². The van der Waals surface area contributed by atoms with Crippen molar-refractivity contribution in [2.75, 3.05) is 5.73 Å². The Morgan fingerprint density at radius 2 is 2.10 bits per heavy atom. The van der Waals surface area contributed by atoms with Gasteiger partial charge in [-0.05, 0) is 35.6 Å². The summed E-state index contributed by atoms with van der Waals surface area (Å²) < 4.78 is 14.2. The van der Waals surface area contributed by atoms with Gasteiger partial charge < -0.3 is 5.73 Å². The minimum Gasteiger partial charge on any atom is -0.397 e. The Morgan fingerprint density at radius 3 is 2.80 bits per heavy atom. The molecule has 5 heteroatoms. The second-order valence-corrected chi connectivity index (χ2v) is 6.52. The minimum atomic E-state index is -0.231. The second kappa shape index (κ2) is 4.89. The van der Waals surface area contributed by atoms with Crippen LogP contribution in [0, 0.1) is 17.1 Å². The van der Waals surface area contributed by atoms with Crippen LogP contribution in [0.1, 0.15) is 17.4 Å². The molecule has 3 aromatic rings. The number of thiophene rings is 2. The lowest BCUT2D eigenvalue weighted by atomic mass is 10.1. The number of fused-ring (bicyclic) bond motifs is 1. The lowest BCUT2D eigenvalue weighted by Gasteiger charge is -1.98. The summed E-state index contributed by atoms with van der Waals surface area (Å²) in [5, 5.41) is 10.1. The summed E-state index contributed by atoms with van der Waals surface area (Å²) in [4.78, 5) is 2.63. The van der Waals surface area contributed by atoms with Crippen LogP contribution in [0.3, 0.4) is 0 Å². The van der Waals surface area contributed by atoms with Gasteiger partial charge in [0.1, 0.15) is 16.8 Å². The number of nitriles is 1. The van der Waals surface area contributed by atoms with E-state index in [2.05, 4.69) is 6.07 Å². The third-order valence-electron chi connectivity index (χ3n) is 3.21. The van der Waals surface area contributed by atoms with E-state index in [0.717, 1.165) is 31.8 Å². The van der Waals surface area contributed by atoms with Crippen LogP contribution in [0.2, 0.25) is 0 Å². The molecule has 0 aliphatic carbocycles. The smallest absolute Gasteiger partial charge is 0.128 e. The van der Waals surface area contributed by atoms with Crippen molar-refractivity contribution in [3.05, 3.63) is 40.5 Å². The highest BCUT2D eigenvalue weighted by molar-refractivity contribution is 7.26. The van der Waals surface area contributed by atoms with Gasteiger partial charge in [-0.2, -0.15) is 5.26 Å². The monoisotopic (exact) mass is 302 g/mol. The molecule has 2 aromatic heterocycles. The predicted octanol–water partition coefficient (Wildman–Crippen LogP) is 4.79. The molecule has 0 bridgehead atoms. The van der Waals surface area contributed by atoms with Crippen LogP contribution in [-0.2, 0) is 6.42 Å². The Labute approximate surface area is 123 Å². The Hall–Kier alpha value is -1.90. The number of benzene rings is 1. The number of nitrogens with two attached hydrogens (primary N) is 1. The molecule has 0 saturated carbocycles. The molecule has 0 unspecified atom stereocenters. The van der Waals surface area contributed by atoms with Gasteiger partial charge in [-0.25, -0.2) is 4.39 Å². The van der Waals surface area contributed by atoms with Gasteiger partial charge in [0.15, 0.2) is 0 Å². The summed E-state index contributed by atoms with van der Waals surface area (Å²) >= 11 is 2.95. The summed E-state index contributed by atoms with van der Waals surface area (Å²) in [5.74, 6) is -0.231. The summed E-state index contributed by atoms with van der Waals surface area (Å²) in [7, 11) is 0. The summed E-state index contributed by atoms with van der Waals surface area (Å²) in [5.41, 5.74) is 7.61. The van der Waals surface area contributed by atoms with Crippen LogP contribution in [-0.4, -0.2) is 0 Å². The number of hydrogen-bond acceptors (Lipinski definition) is 4. The number of rotatable bonds is 2. The zero-order valence-electron chi connectivity index (χ0n) is 10.7. The molecule has 0 aliphatic heterocycles. The fraction of sp³-hybridized carbons (Fsp3) is 0.133. The van der Waals surface area contributed by atoms with Crippen LogP contribution in [0.5, 0.6) is 0 Å². The quantitative estimate of drug-likeness (QED) is 0.740. The van der Waals surface area contributed by atoms with E-state index in [1.807, 2.05) is 13.0 Å². The minimum absolute atomic E-state index is 0.231. The normalized spacial score (nSPS) is 10.8. The van der Waals surface area contributed by atoms with Gasteiger partial charge in [-0.1, -0.05) is 13.0 Å². The highest BCUT2D eigenvalue weighted by Gasteiger charge is 2.17. The first-order valence-electron chi connectivity index (χ1n) is 6.14. The van der Waals surface area contributed by atoms with E-state index in [-0.39, 0.29) is 5.82 Å². The SMILES string of the molecule is CCc1c(-c2cc3ccc(F)cc3s2)sc(C#N)c1N. The van der Waals surface area contributed by atoms with Gasteiger partial charge in [-0.15, -0.1) is 22.7 Å². The Balaban J connectivity index is 2.23. The van der Waals surface area contributed by atoms with E-state index in [0.29, 0.717) is 10.6 Å². The van der Waals surface area contributed by atoms with Crippen molar-refractivity contribution < 1.29 is 4.39 Å². The molecule has 2 N–H and O–H groups in total. The van der Waals surface area contributed by atoms with Crippen LogP contribution < -0.4 is 5.73 Å². The molecule has 0 atom stereocenters. The van der Waals surface area contributed by atoms with Gasteiger partial charge in [0.25, 0.3) is 0 Å². The topological polar surface area (TPSA) is 49.8 Å². The van der Waals surface area contributed by atoms with Crippen LogP contribution in [0.25, 0.3) is 19.8 Å². The van der Waals surface area contributed by atoms with Gasteiger partial charge in [0.2, 0.25) is 0 Å². The Kier molecular flexibility index (Phi) is 3.20. The number of anilines is 1. The summed E-state index contributed by atoms with van der Waals surface area (Å²) in [6, 6.07) is 8.95. The summed E-state index contributed by atoms with van der Waals surface area (Å²) in [6.45, 7) is 2.02. The van der Waals surface area contributed by atoms with Crippen molar-refractivity contribution in [1.82, 2.24) is 0 Å². The first-order valence-corrected chi connectivity index (χ1v) is 7.78. The molecule has 0 spiro atoms. The lowest BCUT2D eigenvalue weighted by molar-refractivity contribution is 0.630. The molecule has 100 valence electrons. The standard InChI is InChI=1S/C15H11FN2S2/c1-2-10-14(18)13(7-17)20-15(10)12-5-8-3-4-9(16)6-11(8)19-12/h3-6H,2,18H2,1H3. The molecule has 20 heavy (non-hydrogen) atoms. The molecule has 0 saturated heterocycles. The van der Waals surface area contributed by atoms with Crippen molar-refractivity contribution in [3.63, 3.8) is 0 Å². The van der Waals surface area contributed by atoms with Crippen molar-refractivity contribution in [2.24, 2.45) is 0 Å². The largest absolute Gasteiger partial charge is 0.397 e. The number of hydrogen-bond donors (Lipinski definition) is 1. The van der Waals surface area contributed by atoms with Crippen molar-refractivity contribution in [3.8, 4) is 15.8 Å². The average molecular weight is 302 g/mol. The average Bonchev–Trinajstić information content (AvgIpc) is 2.98. The maximum absolute atomic E-state index is 13.3. The van der Waals surface area contributed by atoms with Gasteiger partial charge >= 0.3 is 0 Å². The van der Waals surface area contributed by atoms with E-state index < -0.39 is 0 Å². The van der Waals surface area contributed by atoms with Crippen molar-refractivity contribution >= 4 is 38.4 Å². The molecular weight excluding hydrogens is 291 g/mol. The maximum atomic E-state index is 13.3. The molecule has 0 fully saturated rings. The molecule has 1 aromatic carbocycles. The molecule has 2 nitrogen and oxygen atoms in total. The van der Waals surface area contributed by atoms with E-state index >= 15 is 0 Å². The van der Waals surface area contributed by atoms with Crippen LogP contribution >= 0.6 is 22.7 Å². The van der Waals surface area contributed by atoms with E-state index in [1.165, 1.54) is 34.8 Å². The van der Waals surface area contributed by atoms with E-state index in [1.54, 1.807) is 6.07 Å². The molecule has 0 radical (unpaired) electrons. The number of nitrogen functional groups attached to an aromatic ring is 1. The molecule has 3 rings (SSSR count). The van der Waals surface area contributed by atoms with Crippen molar-refractivity contribution in [2.45, 2.75) is 13.3 Å². The fourth-order valence-electron chi connectivity index (χ4n) is 2.23. The predicted molar refractivity (Wildman–Crippen MR) is 83.6 cm³/mol. The van der Waals surface area contributed by atoms with Gasteiger partial charge in [0.05, 0.1) is 10.6 Å². The third kappa shape index (κ3) is 1.98. The lowest BCUT2D eigenvalue weighted by Crippen LogP contribution is -1.90. The zero-order chi connectivity index (χ0) is 14.3. The Bertz CT molecular complexity index is 840. The Morgan fingerprint density at radius 1 is 1.30 bits per heavy atom. The third-order valence-corrected chi connectivity index (χ3v) is 5.64. The van der Waals surface area contributed by atoms with Crippen LogP contribution in [0.4, 0.5) is 10.1 Å². The van der Waals surface area contributed by atoms with Crippen molar-refractivity contribution in [1.29, 1.82) is 5.26 Å². The first kappa shape index (κ1) is 13.1.